The first-order chi connectivity index (χ1) is 5.29. The normalized spacial score (nSPS) is 10.6. The van der Waals surface area contributed by atoms with Gasteiger partial charge in [0.2, 0.25) is 0 Å². The van der Waals surface area contributed by atoms with Crippen molar-refractivity contribution in [2.24, 2.45) is 0 Å². The van der Waals surface area contributed by atoms with Crippen molar-refractivity contribution >= 4 is 10.9 Å². The van der Waals surface area contributed by atoms with E-state index in [9.17, 15) is 9.18 Å². The summed E-state index contributed by atoms with van der Waals surface area (Å²) in [6.45, 7) is 0. The van der Waals surface area contributed by atoms with E-state index < -0.39 is 5.82 Å². The Bertz CT molecular complexity index is 443. The molecule has 2 aromatic heterocycles. The van der Waals surface area contributed by atoms with Gasteiger partial charge in [-0.1, -0.05) is 0 Å². The predicted octanol–water partition coefficient (Wildman–Crippen LogP) is 0.995. The molecule has 0 bridgehead atoms. The van der Waals surface area contributed by atoms with Gasteiger partial charge in [-0.25, -0.2) is 4.39 Å². The summed E-state index contributed by atoms with van der Waals surface area (Å²) in [6, 6.07) is 1.52. The van der Waals surface area contributed by atoms with Gasteiger partial charge in [0.1, 0.15) is 11.3 Å². The molecule has 0 atom stereocenters. The minimum atomic E-state index is -0.397. The number of aromatic nitrogens is 2. The molecule has 0 radical (unpaired) electrons. The van der Waals surface area contributed by atoms with Crippen LogP contribution in [0.3, 0.4) is 0 Å². The molecule has 11 heavy (non-hydrogen) atoms. The van der Waals surface area contributed by atoms with Gasteiger partial charge in [-0.2, -0.15) is 0 Å². The molecule has 0 aliphatic heterocycles. The Hall–Kier alpha value is -1.58. The first-order valence-corrected chi connectivity index (χ1v) is 3.13. The van der Waals surface area contributed by atoms with Crippen LogP contribution in [0.1, 0.15) is 0 Å². The first-order valence-electron chi connectivity index (χ1n) is 3.13. The maximum absolute atomic E-state index is 12.7. The van der Waals surface area contributed by atoms with Crippen LogP contribution in [0.5, 0.6) is 0 Å². The second-order valence-corrected chi connectivity index (χ2v) is 2.23. The van der Waals surface area contributed by atoms with E-state index in [2.05, 4.69) is 9.97 Å². The molecule has 0 spiro atoms. The molecular weight excluding hydrogens is 147 g/mol. The summed E-state index contributed by atoms with van der Waals surface area (Å²) in [4.78, 5) is 15.9. The van der Waals surface area contributed by atoms with Gasteiger partial charge in [0.05, 0.1) is 0 Å². The Morgan fingerprint density at radius 1 is 1.36 bits per heavy atom. The van der Waals surface area contributed by atoms with Crippen molar-refractivity contribution in [3.05, 3.63) is 34.6 Å². The summed E-state index contributed by atoms with van der Waals surface area (Å²) in [5, 5.41) is 0.328. The van der Waals surface area contributed by atoms with Crippen LogP contribution >= 0.6 is 0 Å². The van der Waals surface area contributed by atoms with Gasteiger partial charge in [-0.3, -0.25) is 4.79 Å². The molecule has 0 saturated carbocycles. The summed E-state index contributed by atoms with van der Waals surface area (Å²) < 4.78 is 12.7. The lowest BCUT2D eigenvalue weighted by Crippen LogP contribution is -2.03. The van der Waals surface area contributed by atoms with E-state index in [0.29, 0.717) is 5.39 Å². The lowest BCUT2D eigenvalue weighted by atomic mass is 10.3. The lowest BCUT2D eigenvalue weighted by Gasteiger charge is -1.85. The quantitative estimate of drug-likeness (QED) is 0.581. The number of aromatic amines is 2. The highest BCUT2D eigenvalue weighted by atomic mass is 19.1. The molecule has 2 rings (SSSR count). The second kappa shape index (κ2) is 1.95. The smallest absolute Gasteiger partial charge is 0.272 e. The van der Waals surface area contributed by atoms with Crippen LogP contribution in [-0.2, 0) is 0 Å². The van der Waals surface area contributed by atoms with E-state index in [4.69, 9.17) is 0 Å². The summed E-state index contributed by atoms with van der Waals surface area (Å²) in [5.41, 5.74) is -0.0172. The number of halogens is 1. The van der Waals surface area contributed by atoms with Crippen molar-refractivity contribution < 1.29 is 4.39 Å². The van der Waals surface area contributed by atoms with Crippen molar-refractivity contribution in [3.8, 4) is 0 Å². The Kier molecular flexibility index (Phi) is 1.09. The lowest BCUT2D eigenvalue weighted by molar-refractivity contribution is 0.639. The zero-order valence-corrected chi connectivity index (χ0v) is 5.52. The number of hydrogen-bond donors (Lipinski definition) is 2. The molecule has 2 N–H and O–H groups in total. The van der Waals surface area contributed by atoms with E-state index in [1.54, 1.807) is 0 Å². The molecule has 3 nitrogen and oxygen atoms in total. The summed E-state index contributed by atoms with van der Waals surface area (Å²) in [6.07, 6.45) is 2.58. The summed E-state index contributed by atoms with van der Waals surface area (Å²) in [5.74, 6) is -0.397. The summed E-state index contributed by atoms with van der Waals surface area (Å²) >= 11 is 0. The van der Waals surface area contributed by atoms with Crippen molar-refractivity contribution in [1.82, 2.24) is 9.97 Å². The minimum absolute atomic E-state index is 0.282. The largest absolute Gasteiger partial charge is 0.354 e. The predicted molar refractivity (Wildman–Crippen MR) is 38.9 cm³/mol. The van der Waals surface area contributed by atoms with Gasteiger partial charge in [-0.15, -0.1) is 0 Å². The molecule has 0 unspecified atom stereocenters. The topological polar surface area (TPSA) is 48.6 Å². The van der Waals surface area contributed by atoms with Gasteiger partial charge in [-0.05, 0) is 6.07 Å². The SMILES string of the molecule is O=c1[nH]ccc2c(F)c[nH]c12. The standard InChI is InChI=1S/C7H5FN2O/c8-5-3-10-6-4(5)1-2-9-7(6)11/h1-3,10H,(H,9,11). The van der Waals surface area contributed by atoms with Crippen LogP contribution in [0.4, 0.5) is 4.39 Å². The molecule has 0 aliphatic carbocycles. The maximum Gasteiger partial charge on any atom is 0.272 e. The van der Waals surface area contributed by atoms with Crippen molar-refractivity contribution in [1.29, 1.82) is 0 Å². The van der Waals surface area contributed by atoms with Gasteiger partial charge >= 0.3 is 0 Å². The highest BCUT2D eigenvalue weighted by Crippen LogP contribution is 2.10. The monoisotopic (exact) mass is 152 g/mol. The highest BCUT2D eigenvalue weighted by Gasteiger charge is 2.03. The molecule has 4 heteroatoms. The van der Waals surface area contributed by atoms with Crippen LogP contribution in [0.25, 0.3) is 10.9 Å². The van der Waals surface area contributed by atoms with Crippen LogP contribution in [0.15, 0.2) is 23.3 Å². The fourth-order valence-electron chi connectivity index (χ4n) is 1.03. The molecule has 0 amide bonds. The third-order valence-electron chi connectivity index (χ3n) is 1.56. The molecule has 0 aliphatic rings. The van der Waals surface area contributed by atoms with Crippen LogP contribution in [-0.4, -0.2) is 9.97 Å². The van der Waals surface area contributed by atoms with Gasteiger partial charge in [0, 0.05) is 17.8 Å². The van der Waals surface area contributed by atoms with E-state index >= 15 is 0 Å². The number of hydrogen-bond acceptors (Lipinski definition) is 1. The van der Waals surface area contributed by atoms with Crippen LogP contribution in [0, 0.1) is 5.82 Å². The van der Waals surface area contributed by atoms with E-state index in [1.165, 1.54) is 18.5 Å². The summed E-state index contributed by atoms with van der Waals surface area (Å²) in [7, 11) is 0. The number of rotatable bonds is 0. The average molecular weight is 152 g/mol. The minimum Gasteiger partial charge on any atom is -0.354 e. The van der Waals surface area contributed by atoms with Gasteiger partial charge < -0.3 is 9.97 Å². The number of nitrogens with one attached hydrogen (secondary N) is 2. The fourth-order valence-corrected chi connectivity index (χ4v) is 1.03. The third kappa shape index (κ3) is 0.756. The van der Waals surface area contributed by atoms with E-state index in [1.807, 2.05) is 0 Å². The molecule has 0 aromatic carbocycles. The fraction of sp³-hybridized carbons (Fsp3) is 0. The Labute approximate surface area is 60.9 Å². The molecule has 2 heterocycles. The first kappa shape index (κ1) is 6.15. The Balaban J connectivity index is 3.06. The van der Waals surface area contributed by atoms with Crippen molar-refractivity contribution in [2.45, 2.75) is 0 Å². The zero-order chi connectivity index (χ0) is 7.84. The molecule has 2 aromatic rings. The van der Waals surface area contributed by atoms with E-state index in [-0.39, 0.29) is 11.1 Å². The molecular formula is C7H5FN2O. The van der Waals surface area contributed by atoms with Gasteiger partial charge in [0.15, 0.2) is 0 Å². The van der Waals surface area contributed by atoms with E-state index in [0.717, 1.165) is 0 Å². The maximum atomic E-state index is 12.7. The van der Waals surface area contributed by atoms with Crippen LogP contribution < -0.4 is 5.56 Å². The number of H-pyrrole nitrogens is 2. The Morgan fingerprint density at radius 3 is 2.91 bits per heavy atom. The van der Waals surface area contributed by atoms with Gasteiger partial charge in [0.25, 0.3) is 5.56 Å². The molecule has 0 saturated heterocycles. The Morgan fingerprint density at radius 2 is 2.18 bits per heavy atom. The second-order valence-electron chi connectivity index (χ2n) is 2.23. The zero-order valence-electron chi connectivity index (χ0n) is 5.52. The molecule has 56 valence electrons. The number of fused-ring (bicyclic) bond motifs is 1. The van der Waals surface area contributed by atoms with Crippen LogP contribution in [0.2, 0.25) is 0 Å². The van der Waals surface area contributed by atoms with Crippen molar-refractivity contribution in [3.63, 3.8) is 0 Å². The molecule has 0 fully saturated rings. The highest BCUT2D eigenvalue weighted by molar-refractivity contribution is 5.78. The number of pyridine rings is 1. The third-order valence-corrected chi connectivity index (χ3v) is 1.56. The average Bonchev–Trinajstić information content (AvgIpc) is 2.35. The van der Waals surface area contributed by atoms with Crippen molar-refractivity contribution in [2.75, 3.05) is 0 Å².